The molecule has 1 aromatic heterocycles. The Morgan fingerprint density at radius 1 is 0.839 bits per heavy atom. The molecular formula is C25H27N3O2S. The second-order valence-corrected chi connectivity index (χ2v) is 8.06. The fraction of sp³-hybridized carbons (Fsp3) is 0.240. The quantitative estimate of drug-likeness (QED) is 0.320. The van der Waals surface area contributed by atoms with E-state index in [2.05, 4.69) is 63.5 Å². The Balaban J connectivity index is 1.27. The summed E-state index contributed by atoms with van der Waals surface area (Å²) in [7, 11) is 3.31. The largest absolute Gasteiger partial charge is 0.493 e. The first-order valence-corrected chi connectivity index (χ1v) is 11.2. The Labute approximate surface area is 187 Å². The number of benzene rings is 3. The van der Waals surface area contributed by atoms with Gasteiger partial charge in [0.25, 0.3) is 0 Å². The van der Waals surface area contributed by atoms with Crippen molar-refractivity contribution < 1.29 is 9.47 Å². The number of nitrogens with one attached hydrogen (secondary N) is 2. The van der Waals surface area contributed by atoms with Crippen molar-refractivity contribution in [3.05, 3.63) is 72.3 Å². The third kappa shape index (κ3) is 5.16. The number of anilines is 1. The summed E-state index contributed by atoms with van der Waals surface area (Å²) < 4.78 is 16.5. The van der Waals surface area contributed by atoms with Crippen LogP contribution in [0.25, 0.3) is 21.2 Å². The van der Waals surface area contributed by atoms with Crippen molar-refractivity contribution in [2.24, 2.45) is 0 Å². The number of fused-ring (bicyclic) bond motifs is 1. The van der Waals surface area contributed by atoms with E-state index in [9.17, 15) is 0 Å². The van der Waals surface area contributed by atoms with Crippen molar-refractivity contribution in [3.8, 4) is 22.6 Å². The summed E-state index contributed by atoms with van der Waals surface area (Å²) in [5.74, 6) is 2.47. The predicted molar refractivity (Wildman–Crippen MR) is 129 cm³/mol. The van der Waals surface area contributed by atoms with Crippen LogP contribution in [0, 0.1) is 0 Å². The summed E-state index contributed by atoms with van der Waals surface area (Å²) in [6.45, 7) is 2.67. The highest BCUT2D eigenvalue weighted by Crippen LogP contribution is 2.32. The van der Waals surface area contributed by atoms with Gasteiger partial charge in [-0.3, -0.25) is 0 Å². The maximum atomic E-state index is 5.43. The monoisotopic (exact) mass is 433 g/mol. The number of nitrogens with zero attached hydrogens (tertiary/aromatic N) is 1. The molecule has 5 nitrogen and oxygen atoms in total. The lowest BCUT2D eigenvalue weighted by atomic mass is 10.0. The van der Waals surface area contributed by atoms with Crippen LogP contribution in [0.5, 0.6) is 11.5 Å². The zero-order valence-electron chi connectivity index (χ0n) is 17.9. The summed E-state index contributed by atoms with van der Waals surface area (Å²) in [5.41, 5.74) is 3.53. The molecule has 0 aliphatic heterocycles. The lowest BCUT2D eigenvalue weighted by molar-refractivity contribution is 0.355. The second-order valence-electron chi connectivity index (χ2n) is 7.25. The minimum atomic E-state index is 0.739. The Morgan fingerprint density at radius 3 is 2.55 bits per heavy atom. The van der Waals surface area contributed by atoms with Crippen molar-refractivity contribution in [1.82, 2.24) is 9.69 Å². The van der Waals surface area contributed by atoms with Crippen molar-refractivity contribution in [2.45, 2.75) is 13.0 Å². The van der Waals surface area contributed by atoms with Gasteiger partial charge in [0.05, 0.1) is 18.9 Å². The van der Waals surface area contributed by atoms with Crippen LogP contribution in [0.15, 0.2) is 66.7 Å². The molecule has 6 heteroatoms. The van der Waals surface area contributed by atoms with Crippen LogP contribution in [0.3, 0.4) is 0 Å². The molecule has 4 rings (SSSR count). The molecule has 0 aliphatic carbocycles. The van der Waals surface area contributed by atoms with E-state index in [1.165, 1.54) is 15.6 Å². The van der Waals surface area contributed by atoms with Gasteiger partial charge in [0.15, 0.2) is 11.5 Å². The third-order valence-corrected chi connectivity index (χ3v) is 6.00. The van der Waals surface area contributed by atoms with Gasteiger partial charge in [0, 0.05) is 18.5 Å². The molecule has 0 saturated carbocycles. The highest BCUT2D eigenvalue weighted by molar-refractivity contribution is 7.13. The maximum absolute atomic E-state index is 5.43. The van der Waals surface area contributed by atoms with Gasteiger partial charge in [-0.15, -0.1) is 0 Å². The summed E-state index contributed by atoms with van der Waals surface area (Å²) >= 11 is 1.54. The van der Waals surface area contributed by atoms with Gasteiger partial charge in [0.2, 0.25) is 0 Å². The molecule has 0 fully saturated rings. The fourth-order valence-corrected chi connectivity index (χ4v) is 4.30. The van der Waals surface area contributed by atoms with Crippen LogP contribution in [0.1, 0.15) is 12.0 Å². The molecular weight excluding hydrogens is 406 g/mol. The Hall–Kier alpha value is -3.09. The zero-order valence-corrected chi connectivity index (χ0v) is 18.7. The molecule has 4 aromatic rings. The van der Waals surface area contributed by atoms with E-state index >= 15 is 0 Å². The number of aromatic nitrogens is 1. The summed E-state index contributed by atoms with van der Waals surface area (Å²) in [6.07, 6.45) is 1.03. The van der Waals surface area contributed by atoms with Gasteiger partial charge in [-0.2, -0.15) is 4.37 Å². The van der Waals surface area contributed by atoms with Crippen molar-refractivity contribution in [3.63, 3.8) is 0 Å². The maximum Gasteiger partial charge on any atom is 0.161 e. The van der Waals surface area contributed by atoms with E-state index in [1.54, 1.807) is 25.8 Å². The Kier molecular flexibility index (Phi) is 7.02. The number of methoxy groups -OCH3 is 2. The van der Waals surface area contributed by atoms with Gasteiger partial charge in [-0.1, -0.05) is 36.4 Å². The number of ether oxygens (including phenoxy) is 2. The molecule has 0 aliphatic rings. The van der Waals surface area contributed by atoms with Crippen molar-refractivity contribution in [2.75, 3.05) is 32.6 Å². The van der Waals surface area contributed by atoms with Gasteiger partial charge in [-0.05, 0) is 71.5 Å². The molecule has 31 heavy (non-hydrogen) atoms. The minimum Gasteiger partial charge on any atom is -0.493 e. The Morgan fingerprint density at radius 2 is 1.68 bits per heavy atom. The van der Waals surface area contributed by atoms with E-state index in [0.29, 0.717) is 0 Å². The molecule has 160 valence electrons. The van der Waals surface area contributed by atoms with Gasteiger partial charge in [0.1, 0.15) is 5.82 Å². The van der Waals surface area contributed by atoms with E-state index < -0.39 is 0 Å². The minimum absolute atomic E-state index is 0.739. The van der Waals surface area contributed by atoms with E-state index in [1.807, 2.05) is 18.2 Å². The smallest absolute Gasteiger partial charge is 0.161 e. The first-order chi connectivity index (χ1) is 15.3. The highest BCUT2D eigenvalue weighted by Gasteiger charge is 2.07. The molecule has 0 amide bonds. The fourth-order valence-electron chi connectivity index (χ4n) is 3.54. The molecule has 0 spiro atoms. The molecule has 3 aromatic carbocycles. The highest BCUT2D eigenvalue weighted by atomic mass is 32.1. The lowest BCUT2D eigenvalue weighted by Crippen LogP contribution is -2.17. The predicted octanol–water partition coefficient (Wildman–Crippen LogP) is 5.57. The molecule has 0 unspecified atom stereocenters. The number of hydrogen-bond donors (Lipinski definition) is 2. The van der Waals surface area contributed by atoms with Crippen molar-refractivity contribution >= 4 is 27.4 Å². The molecule has 1 heterocycles. The van der Waals surface area contributed by atoms with E-state index in [-0.39, 0.29) is 0 Å². The molecule has 2 N–H and O–H groups in total. The second kappa shape index (κ2) is 10.3. The Bertz CT molecular complexity index is 1140. The molecule has 0 bridgehead atoms. The van der Waals surface area contributed by atoms with Gasteiger partial charge < -0.3 is 20.1 Å². The number of rotatable bonds is 10. The van der Waals surface area contributed by atoms with Crippen LogP contribution < -0.4 is 20.1 Å². The average Bonchev–Trinajstić information content (AvgIpc) is 3.24. The zero-order chi connectivity index (χ0) is 21.5. The van der Waals surface area contributed by atoms with Crippen LogP contribution in [-0.2, 0) is 6.54 Å². The average molecular weight is 434 g/mol. The number of hydrogen-bond acceptors (Lipinski definition) is 6. The summed E-state index contributed by atoms with van der Waals surface area (Å²) in [6, 6.07) is 22.9. The normalized spacial score (nSPS) is 10.9. The van der Waals surface area contributed by atoms with E-state index in [4.69, 9.17) is 9.47 Å². The molecule has 0 atom stereocenters. The molecule has 0 radical (unpaired) electrons. The first-order valence-electron chi connectivity index (χ1n) is 10.4. The van der Waals surface area contributed by atoms with E-state index in [0.717, 1.165) is 54.5 Å². The van der Waals surface area contributed by atoms with Crippen LogP contribution in [-0.4, -0.2) is 31.7 Å². The van der Waals surface area contributed by atoms with Crippen molar-refractivity contribution in [1.29, 1.82) is 0 Å². The standard InChI is InChI=1S/C25H27N3O2S/c1-29-22-12-11-20(16-23(22)30-2)19-8-5-7-18(15-19)17-26-13-6-14-27-25-21-9-3-4-10-24(21)31-28-25/h3-5,7-12,15-16,26H,6,13-14,17H2,1-2H3,(H,27,28). The SMILES string of the molecule is COc1ccc(-c2cccc(CNCCCNc3nsc4ccccc34)c2)cc1OC. The summed E-state index contributed by atoms with van der Waals surface area (Å²) in [4.78, 5) is 0. The van der Waals surface area contributed by atoms with Gasteiger partial charge in [-0.25, -0.2) is 0 Å². The first kappa shape index (κ1) is 21.2. The topological polar surface area (TPSA) is 55.4 Å². The third-order valence-electron chi connectivity index (χ3n) is 5.17. The van der Waals surface area contributed by atoms with Crippen LogP contribution >= 0.6 is 11.5 Å². The summed E-state index contributed by atoms with van der Waals surface area (Å²) in [5, 5.41) is 8.19. The van der Waals surface area contributed by atoms with Crippen LogP contribution in [0.4, 0.5) is 5.82 Å². The lowest BCUT2D eigenvalue weighted by Gasteiger charge is -2.11. The van der Waals surface area contributed by atoms with Crippen LogP contribution in [0.2, 0.25) is 0 Å². The molecule has 0 saturated heterocycles. The van der Waals surface area contributed by atoms with Gasteiger partial charge >= 0.3 is 0 Å².